The lowest BCUT2D eigenvalue weighted by Crippen LogP contribution is -2.26. The SMILES string of the molecule is CC(=O)c1nn(CC(C)(C)O)c2cc(OC(F)(F)F)ccc12. The van der Waals surface area contributed by atoms with Crippen molar-refractivity contribution >= 4 is 16.7 Å². The van der Waals surface area contributed by atoms with Gasteiger partial charge in [0.2, 0.25) is 0 Å². The molecule has 0 saturated carbocycles. The van der Waals surface area contributed by atoms with E-state index in [-0.39, 0.29) is 23.5 Å². The van der Waals surface area contributed by atoms with Gasteiger partial charge in [-0.3, -0.25) is 9.48 Å². The van der Waals surface area contributed by atoms with Gasteiger partial charge in [0.05, 0.1) is 17.7 Å². The van der Waals surface area contributed by atoms with Gasteiger partial charge in [0, 0.05) is 18.4 Å². The molecule has 0 bridgehead atoms. The number of aliphatic hydroxyl groups is 1. The van der Waals surface area contributed by atoms with E-state index in [0.29, 0.717) is 5.39 Å². The molecule has 0 aliphatic carbocycles. The quantitative estimate of drug-likeness (QED) is 0.881. The number of benzene rings is 1. The van der Waals surface area contributed by atoms with Crippen molar-refractivity contribution in [2.75, 3.05) is 0 Å². The van der Waals surface area contributed by atoms with Gasteiger partial charge in [0.25, 0.3) is 0 Å². The second-order valence-electron chi connectivity index (χ2n) is 5.60. The highest BCUT2D eigenvalue weighted by Crippen LogP contribution is 2.29. The maximum absolute atomic E-state index is 12.3. The van der Waals surface area contributed by atoms with Crippen LogP contribution in [0.1, 0.15) is 31.3 Å². The van der Waals surface area contributed by atoms with Crippen molar-refractivity contribution in [1.82, 2.24) is 9.78 Å². The number of ether oxygens (including phenoxy) is 1. The molecule has 2 aromatic rings. The number of rotatable bonds is 4. The third kappa shape index (κ3) is 3.76. The number of alkyl halides is 3. The Morgan fingerprint density at radius 1 is 1.36 bits per heavy atom. The van der Waals surface area contributed by atoms with Crippen molar-refractivity contribution in [3.8, 4) is 5.75 Å². The number of carbonyl (C=O) groups excluding carboxylic acids is 1. The topological polar surface area (TPSA) is 64.4 Å². The Kier molecular flexibility index (Phi) is 3.90. The first-order valence-electron chi connectivity index (χ1n) is 6.46. The molecule has 22 heavy (non-hydrogen) atoms. The van der Waals surface area contributed by atoms with E-state index in [4.69, 9.17) is 0 Å². The lowest BCUT2D eigenvalue weighted by molar-refractivity contribution is -0.274. The first-order chi connectivity index (χ1) is 9.96. The summed E-state index contributed by atoms with van der Waals surface area (Å²) in [5.41, 5.74) is -0.722. The molecule has 2 rings (SSSR count). The van der Waals surface area contributed by atoms with Crippen LogP contribution in [0, 0.1) is 0 Å². The van der Waals surface area contributed by atoms with Gasteiger partial charge in [-0.15, -0.1) is 13.2 Å². The lowest BCUT2D eigenvalue weighted by Gasteiger charge is -2.17. The largest absolute Gasteiger partial charge is 0.573 e. The zero-order valence-corrected chi connectivity index (χ0v) is 12.2. The Labute approximate surface area is 124 Å². The molecule has 1 heterocycles. The van der Waals surface area contributed by atoms with E-state index in [2.05, 4.69) is 9.84 Å². The number of carbonyl (C=O) groups is 1. The van der Waals surface area contributed by atoms with Crippen LogP contribution in [0.4, 0.5) is 13.2 Å². The number of fused-ring (bicyclic) bond motifs is 1. The van der Waals surface area contributed by atoms with Gasteiger partial charge in [0.1, 0.15) is 11.4 Å². The van der Waals surface area contributed by atoms with Crippen molar-refractivity contribution in [1.29, 1.82) is 0 Å². The molecule has 0 radical (unpaired) electrons. The van der Waals surface area contributed by atoms with E-state index < -0.39 is 17.7 Å². The molecule has 0 aliphatic rings. The van der Waals surface area contributed by atoms with Gasteiger partial charge in [-0.25, -0.2) is 0 Å². The van der Waals surface area contributed by atoms with Crippen LogP contribution in [-0.4, -0.2) is 32.6 Å². The molecule has 8 heteroatoms. The fraction of sp³-hybridized carbons (Fsp3) is 0.429. The third-order valence-corrected chi connectivity index (χ3v) is 2.83. The third-order valence-electron chi connectivity index (χ3n) is 2.83. The van der Waals surface area contributed by atoms with Gasteiger partial charge in [-0.05, 0) is 26.0 Å². The van der Waals surface area contributed by atoms with Gasteiger partial charge >= 0.3 is 6.36 Å². The molecule has 1 N–H and O–H groups in total. The van der Waals surface area contributed by atoms with Crippen molar-refractivity contribution < 1.29 is 27.8 Å². The van der Waals surface area contributed by atoms with E-state index in [1.807, 2.05) is 0 Å². The fourth-order valence-electron chi connectivity index (χ4n) is 2.10. The van der Waals surface area contributed by atoms with Crippen LogP contribution < -0.4 is 4.74 Å². The Morgan fingerprint density at radius 3 is 2.50 bits per heavy atom. The van der Waals surface area contributed by atoms with Crippen LogP contribution in [0.2, 0.25) is 0 Å². The van der Waals surface area contributed by atoms with Crippen LogP contribution in [0.25, 0.3) is 10.9 Å². The molecular weight excluding hydrogens is 301 g/mol. The van der Waals surface area contributed by atoms with Crippen LogP contribution >= 0.6 is 0 Å². The minimum absolute atomic E-state index is 0.0201. The molecule has 0 fully saturated rings. The Morgan fingerprint density at radius 2 is 2.00 bits per heavy atom. The number of nitrogens with zero attached hydrogens (tertiary/aromatic N) is 2. The van der Waals surface area contributed by atoms with Gasteiger partial charge < -0.3 is 9.84 Å². The van der Waals surface area contributed by atoms with Gasteiger partial charge in [0.15, 0.2) is 5.78 Å². The van der Waals surface area contributed by atoms with Crippen molar-refractivity contribution in [2.45, 2.75) is 39.3 Å². The van der Waals surface area contributed by atoms with Crippen LogP contribution in [0.3, 0.4) is 0 Å². The summed E-state index contributed by atoms with van der Waals surface area (Å²) in [5, 5.41) is 14.4. The van der Waals surface area contributed by atoms with Crippen LogP contribution in [-0.2, 0) is 6.54 Å². The highest BCUT2D eigenvalue weighted by Gasteiger charge is 2.31. The molecule has 0 saturated heterocycles. The minimum Gasteiger partial charge on any atom is -0.406 e. The summed E-state index contributed by atoms with van der Waals surface area (Å²) in [6, 6.07) is 3.62. The van der Waals surface area contributed by atoms with Crippen molar-refractivity contribution in [2.24, 2.45) is 0 Å². The average molecular weight is 316 g/mol. The zero-order chi connectivity index (χ0) is 16.7. The van der Waals surface area contributed by atoms with Crippen molar-refractivity contribution in [3.05, 3.63) is 23.9 Å². The molecule has 0 spiro atoms. The zero-order valence-electron chi connectivity index (χ0n) is 12.2. The van der Waals surface area contributed by atoms with E-state index in [0.717, 1.165) is 12.1 Å². The number of hydrogen-bond acceptors (Lipinski definition) is 4. The Balaban J connectivity index is 2.57. The van der Waals surface area contributed by atoms with Crippen molar-refractivity contribution in [3.63, 3.8) is 0 Å². The summed E-state index contributed by atoms with van der Waals surface area (Å²) in [6.45, 7) is 4.40. The van der Waals surface area contributed by atoms with E-state index in [1.165, 1.54) is 31.5 Å². The first-order valence-corrected chi connectivity index (χ1v) is 6.46. The average Bonchev–Trinajstić information content (AvgIpc) is 2.63. The maximum atomic E-state index is 12.3. The highest BCUT2D eigenvalue weighted by atomic mass is 19.4. The number of ketones is 1. The summed E-state index contributed by atoms with van der Waals surface area (Å²) in [5.74, 6) is -0.726. The molecule has 0 aliphatic heterocycles. The van der Waals surface area contributed by atoms with E-state index in [1.54, 1.807) is 0 Å². The summed E-state index contributed by atoms with van der Waals surface area (Å²) in [6.07, 6.45) is -4.81. The number of Topliss-reactive ketones (excluding diaryl/α,β-unsaturated/α-hetero) is 1. The van der Waals surface area contributed by atoms with Crippen LogP contribution in [0.15, 0.2) is 18.2 Å². The van der Waals surface area contributed by atoms with E-state index >= 15 is 0 Å². The maximum Gasteiger partial charge on any atom is 0.573 e. The number of aromatic nitrogens is 2. The smallest absolute Gasteiger partial charge is 0.406 e. The van der Waals surface area contributed by atoms with Gasteiger partial charge in [-0.1, -0.05) is 0 Å². The monoisotopic (exact) mass is 316 g/mol. The summed E-state index contributed by atoms with van der Waals surface area (Å²) < 4.78 is 42.1. The predicted octanol–water partition coefficient (Wildman–Crippen LogP) is 2.91. The number of halogens is 3. The summed E-state index contributed by atoms with van der Waals surface area (Å²) in [7, 11) is 0. The van der Waals surface area contributed by atoms with Gasteiger partial charge in [-0.2, -0.15) is 5.10 Å². The second kappa shape index (κ2) is 5.28. The summed E-state index contributed by atoms with van der Waals surface area (Å²) in [4.78, 5) is 11.6. The Bertz CT molecular complexity index is 714. The van der Waals surface area contributed by atoms with Crippen LogP contribution in [0.5, 0.6) is 5.75 Å². The first kappa shape index (κ1) is 16.3. The molecule has 1 aromatic carbocycles. The lowest BCUT2D eigenvalue weighted by atomic mass is 10.1. The molecule has 120 valence electrons. The normalized spacial score (nSPS) is 12.7. The molecular formula is C14H15F3N2O3. The molecule has 1 aromatic heterocycles. The molecule has 5 nitrogen and oxygen atoms in total. The predicted molar refractivity (Wildman–Crippen MR) is 72.7 cm³/mol. The Hall–Kier alpha value is -2.09. The highest BCUT2D eigenvalue weighted by molar-refractivity contribution is 6.05. The standard InChI is InChI=1S/C14H15F3N2O3/c1-8(20)12-10-5-4-9(22-14(15,16)17)6-11(10)19(18-12)7-13(2,3)21/h4-6,21H,7H2,1-3H3. The molecule has 0 amide bonds. The minimum atomic E-state index is -4.81. The number of hydrogen-bond donors (Lipinski definition) is 1. The molecule has 0 unspecified atom stereocenters. The molecule has 0 atom stereocenters. The van der Waals surface area contributed by atoms with E-state index in [9.17, 15) is 23.1 Å². The summed E-state index contributed by atoms with van der Waals surface area (Å²) >= 11 is 0. The fourth-order valence-corrected chi connectivity index (χ4v) is 2.10. The second-order valence-corrected chi connectivity index (χ2v) is 5.60.